The van der Waals surface area contributed by atoms with Crippen molar-refractivity contribution in [1.29, 1.82) is 0 Å². The Morgan fingerprint density at radius 2 is 1.63 bits per heavy atom. The highest BCUT2D eigenvalue weighted by molar-refractivity contribution is 5.98. The van der Waals surface area contributed by atoms with E-state index in [1.54, 1.807) is 37.3 Å². The quantitative estimate of drug-likeness (QED) is 0.189. The molecule has 3 atom stereocenters. The lowest BCUT2D eigenvalue weighted by molar-refractivity contribution is -0.384. The Morgan fingerprint density at radius 3 is 2.29 bits per heavy atom. The molecule has 1 N–H and O–H groups in total. The molecular formula is C34H36N2O5. The van der Waals surface area contributed by atoms with Crippen molar-refractivity contribution in [1.82, 2.24) is 0 Å². The standard InChI is InChI=1S/C34H36N2O5/c1-21-9-12-28(29(13-21)36(39)40)35-31(37)30(26-7-5-4-6-8-26)41-32(38)34-18-24-15-25(19-34)17-33(16-24,20-34)27-11-10-22(2)23(3)14-27/h4-14,24-25,30H,15-20H2,1-3H3,(H,35,37)/t24-,25-,30+,33?,34?/m1/s1. The molecule has 0 aromatic heterocycles. The molecule has 7 nitrogen and oxygen atoms in total. The van der Waals surface area contributed by atoms with Crippen molar-refractivity contribution in [3.63, 3.8) is 0 Å². The number of carbonyl (C=O) groups excluding carboxylic acids is 2. The van der Waals surface area contributed by atoms with E-state index in [1.165, 1.54) is 28.8 Å². The van der Waals surface area contributed by atoms with Gasteiger partial charge in [0, 0.05) is 11.6 Å². The number of hydrogen-bond donors (Lipinski definition) is 1. The van der Waals surface area contributed by atoms with Crippen molar-refractivity contribution >= 4 is 23.3 Å². The Labute approximate surface area is 240 Å². The number of nitro benzene ring substituents is 1. The zero-order chi connectivity index (χ0) is 28.9. The van der Waals surface area contributed by atoms with Crippen LogP contribution in [0.1, 0.15) is 72.4 Å². The molecule has 7 rings (SSSR count). The number of amides is 1. The summed E-state index contributed by atoms with van der Waals surface area (Å²) >= 11 is 0. The molecule has 212 valence electrons. The second-order valence-corrected chi connectivity index (χ2v) is 12.8. The zero-order valence-electron chi connectivity index (χ0n) is 23.8. The number of nitrogens with zero attached hydrogens (tertiary/aromatic N) is 1. The maximum Gasteiger partial charge on any atom is 0.313 e. The number of nitrogens with one attached hydrogen (secondary N) is 1. The number of rotatable bonds is 7. The summed E-state index contributed by atoms with van der Waals surface area (Å²) in [6.07, 6.45) is 4.36. The molecule has 4 aliphatic rings. The molecule has 3 aromatic rings. The third-order valence-corrected chi connectivity index (χ3v) is 9.79. The number of anilines is 1. The summed E-state index contributed by atoms with van der Waals surface area (Å²) in [6, 6.07) is 20.3. The summed E-state index contributed by atoms with van der Waals surface area (Å²) in [7, 11) is 0. The SMILES string of the molecule is Cc1ccc(NC(=O)[C@@H](OC(=O)C23C[C@@H]4C[C@@H](C2)CC(c2ccc(C)c(C)c2)(C4)C3)c2ccccc2)c([N+](=O)[O-])c1. The predicted octanol–water partition coefficient (Wildman–Crippen LogP) is 7.28. The number of benzene rings is 3. The van der Waals surface area contributed by atoms with Crippen LogP contribution in [-0.2, 0) is 19.7 Å². The molecule has 4 saturated carbocycles. The highest BCUT2D eigenvalue weighted by atomic mass is 16.6. The van der Waals surface area contributed by atoms with Gasteiger partial charge in [-0.3, -0.25) is 19.7 Å². The van der Waals surface area contributed by atoms with Crippen LogP contribution < -0.4 is 5.32 Å². The van der Waals surface area contributed by atoms with Crippen molar-refractivity contribution in [2.24, 2.45) is 17.3 Å². The minimum absolute atomic E-state index is 0.0609. The highest BCUT2D eigenvalue weighted by Gasteiger charge is 2.62. The average Bonchev–Trinajstić information content (AvgIpc) is 2.93. The monoisotopic (exact) mass is 552 g/mol. The van der Waals surface area contributed by atoms with E-state index in [9.17, 15) is 19.7 Å². The second-order valence-electron chi connectivity index (χ2n) is 12.8. The molecule has 0 radical (unpaired) electrons. The minimum atomic E-state index is -1.23. The number of aryl methyl sites for hydroxylation is 3. The fourth-order valence-electron chi connectivity index (χ4n) is 8.14. The van der Waals surface area contributed by atoms with Crippen LogP contribution in [0.2, 0.25) is 0 Å². The summed E-state index contributed by atoms with van der Waals surface area (Å²) in [5, 5.41) is 14.4. The van der Waals surface area contributed by atoms with Gasteiger partial charge in [0.05, 0.1) is 10.3 Å². The fraction of sp³-hybridized carbons (Fsp3) is 0.412. The van der Waals surface area contributed by atoms with Crippen LogP contribution >= 0.6 is 0 Å². The lowest BCUT2D eigenvalue weighted by atomic mass is 9.43. The summed E-state index contributed by atoms with van der Waals surface area (Å²) in [5.74, 6) is -0.0402. The molecule has 0 saturated heterocycles. The lowest BCUT2D eigenvalue weighted by Crippen LogP contribution is -2.57. The molecule has 0 spiro atoms. The molecular weight excluding hydrogens is 516 g/mol. The summed E-state index contributed by atoms with van der Waals surface area (Å²) in [6.45, 7) is 6.02. The van der Waals surface area contributed by atoms with Gasteiger partial charge < -0.3 is 10.1 Å². The van der Waals surface area contributed by atoms with Gasteiger partial charge in [-0.15, -0.1) is 0 Å². The van der Waals surface area contributed by atoms with Crippen molar-refractivity contribution in [2.45, 2.75) is 70.8 Å². The first-order valence-corrected chi connectivity index (χ1v) is 14.5. The second kappa shape index (κ2) is 10.1. The first kappa shape index (κ1) is 27.2. The maximum absolute atomic E-state index is 14.2. The van der Waals surface area contributed by atoms with Crippen LogP contribution in [0.25, 0.3) is 0 Å². The van der Waals surface area contributed by atoms with Gasteiger partial charge in [0.2, 0.25) is 6.10 Å². The number of hydrogen-bond acceptors (Lipinski definition) is 5. The zero-order valence-corrected chi connectivity index (χ0v) is 23.8. The smallest absolute Gasteiger partial charge is 0.313 e. The van der Waals surface area contributed by atoms with E-state index < -0.39 is 22.3 Å². The Hall–Kier alpha value is -4.00. The van der Waals surface area contributed by atoms with Crippen molar-refractivity contribution in [3.05, 3.63) is 105 Å². The Balaban J connectivity index is 1.31. The third-order valence-electron chi connectivity index (χ3n) is 9.79. The molecule has 0 unspecified atom stereocenters. The van der Waals surface area contributed by atoms with Crippen LogP contribution in [-0.4, -0.2) is 16.8 Å². The van der Waals surface area contributed by atoms with Crippen LogP contribution in [0.15, 0.2) is 66.7 Å². The predicted molar refractivity (Wildman–Crippen MR) is 156 cm³/mol. The molecule has 41 heavy (non-hydrogen) atoms. The molecule has 1 amide bonds. The number of carbonyl (C=O) groups is 2. The number of ether oxygens (including phenoxy) is 1. The van der Waals surface area contributed by atoms with Crippen LogP contribution in [0, 0.1) is 48.1 Å². The van der Waals surface area contributed by atoms with E-state index in [1.807, 2.05) is 6.07 Å². The first-order valence-electron chi connectivity index (χ1n) is 14.5. The maximum atomic E-state index is 14.2. The average molecular weight is 553 g/mol. The van der Waals surface area contributed by atoms with Gasteiger partial charge in [0.15, 0.2) is 0 Å². The molecule has 7 heteroatoms. The Bertz CT molecular complexity index is 1520. The van der Waals surface area contributed by atoms with Gasteiger partial charge in [0.1, 0.15) is 5.69 Å². The normalized spacial score (nSPS) is 26.8. The molecule has 4 bridgehead atoms. The minimum Gasteiger partial charge on any atom is -0.447 e. The van der Waals surface area contributed by atoms with Crippen molar-refractivity contribution in [2.75, 3.05) is 5.32 Å². The number of esters is 1. The van der Waals surface area contributed by atoms with E-state index >= 15 is 0 Å². The van der Waals surface area contributed by atoms with E-state index in [0.29, 0.717) is 23.0 Å². The van der Waals surface area contributed by atoms with Crippen molar-refractivity contribution in [3.8, 4) is 0 Å². The topological polar surface area (TPSA) is 98.5 Å². The third kappa shape index (κ3) is 4.92. The van der Waals surface area contributed by atoms with E-state index in [2.05, 4.69) is 37.4 Å². The molecule has 3 aromatic carbocycles. The molecule has 4 aliphatic carbocycles. The molecule has 0 heterocycles. The Morgan fingerprint density at radius 1 is 0.927 bits per heavy atom. The lowest BCUT2D eigenvalue weighted by Gasteiger charge is -2.61. The highest BCUT2D eigenvalue weighted by Crippen LogP contribution is 2.66. The molecule has 4 fully saturated rings. The molecule has 0 aliphatic heterocycles. The van der Waals surface area contributed by atoms with Crippen LogP contribution in [0.3, 0.4) is 0 Å². The van der Waals surface area contributed by atoms with Crippen LogP contribution in [0.5, 0.6) is 0 Å². The summed E-state index contributed by atoms with van der Waals surface area (Å²) < 4.78 is 6.18. The van der Waals surface area contributed by atoms with Gasteiger partial charge in [0.25, 0.3) is 11.6 Å². The van der Waals surface area contributed by atoms with Gasteiger partial charge in [-0.2, -0.15) is 0 Å². The fourth-order valence-corrected chi connectivity index (χ4v) is 8.14. The van der Waals surface area contributed by atoms with Crippen molar-refractivity contribution < 1.29 is 19.2 Å². The van der Waals surface area contributed by atoms with Gasteiger partial charge >= 0.3 is 5.97 Å². The largest absolute Gasteiger partial charge is 0.447 e. The first-order chi connectivity index (χ1) is 19.6. The van der Waals surface area contributed by atoms with E-state index in [0.717, 1.165) is 38.5 Å². The van der Waals surface area contributed by atoms with Gasteiger partial charge in [-0.25, -0.2) is 0 Å². The van der Waals surface area contributed by atoms with Gasteiger partial charge in [-0.05, 0) is 105 Å². The van der Waals surface area contributed by atoms with Gasteiger partial charge in [-0.1, -0.05) is 54.6 Å². The van der Waals surface area contributed by atoms with E-state index in [4.69, 9.17) is 4.74 Å². The van der Waals surface area contributed by atoms with Crippen LogP contribution in [0.4, 0.5) is 11.4 Å². The summed E-state index contributed by atoms with van der Waals surface area (Å²) in [4.78, 5) is 39.1. The van der Waals surface area contributed by atoms with E-state index in [-0.39, 0.29) is 22.8 Å². The Kier molecular flexibility index (Phi) is 6.71. The summed E-state index contributed by atoms with van der Waals surface area (Å²) in [5.41, 5.74) is 4.25. The number of nitro groups is 1.